The molecule has 1 unspecified atom stereocenters. The largest absolute Gasteiger partial charge is 0.493 e. The van der Waals surface area contributed by atoms with E-state index in [1.807, 2.05) is 6.92 Å². The fourth-order valence-electron chi connectivity index (χ4n) is 2.28. The molecule has 0 fully saturated rings. The van der Waals surface area contributed by atoms with Gasteiger partial charge in [0.05, 0.1) is 13.3 Å². The van der Waals surface area contributed by atoms with Crippen LogP contribution in [-0.4, -0.2) is 22.0 Å². The Morgan fingerprint density at radius 1 is 1.48 bits per heavy atom. The van der Waals surface area contributed by atoms with Gasteiger partial charge in [0.25, 0.3) is 0 Å². The summed E-state index contributed by atoms with van der Waals surface area (Å²) < 4.78 is 20.7. The van der Waals surface area contributed by atoms with E-state index in [9.17, 15) is 9.50 Å². The SMILES string of the molecule is CCCn1ncc(OC)c1C(O)Cc1c(F)cccc1Cl. The van der Waals surface area contributed by atoms with Crippen LogP contribution in [0.1, 0.15) is 30.7 Å². The summed E-state index contributed by atoms with van der Waals surface area (Å²) in [6.07, 6.45) is 1.54. The summed E-state index contributed by atoms with van der Waals surface area (Å²) in [5.41, 5.74) is 0.830. The molecule has 114 valence electrons. The van der Waals surface area contributed by atoms with Crippen LogP contribution in [0.25, 0.3) is 0 Å². The summed E-state index contributed by atoms with van der Waals surface area (Å²) in [4.78, 5) is 0. The van der Waals surface area contributed by atoms with E-state index in [0.717, 1.165) is 6.42 Å². The third-order valence-corrected chi connectivity index (χ3v) is 3.63. The molecular weight excluding hydrogens is 295 g/mol. The number of methoxy groups -OCH3 is 1. The highest BCUT2D eigenvalue weighted by molar-refractivity contribution is 6.31. The van der Waals surface area contributed by atoms with Gasteiger partial charge in [0.15, 0.2) is 5.75 Å². The smallest absolute Gasteiger partial charge is 0.162 e. The third-order valence-electron chi connectivity index (χ3n) is 3.28. The maximum Gasteiger partial charge on any atom is 0.162 e. The molecule has 0 aliphatic heterocycles. The molecular formula is C15H18ClFN2O2. The Hall–Kier alpha value is -1.59. The molecule has 0 spiro atoms. The van der Waals surface area contributed by atoms with Crippen LogP contribution < -0.4 is 4.74 Å². The molecule has 1 aromatic heterocycles. The van der Waals surface area contributed by atoms with Crippen molar-refractivity contribution in [1.29, 1.82) is 0 Å². The number of halogens is 2. The van der Waals surface area contributed by atoms with Crippen molar-refractivity contribution in [2.45, 2.75) is 32.4 Å². The monoisotopic (exact) mass is 312 g/mol. The van der Waals surface area contributed by atoms with Gasteiger partial charge in [-0.3, -0.25) is 4.68 Å². The molecule has 2 rings (SSSR count). The second kappa shape index (κ2) is 6.91. The molecule has 6 heteroatoms. The molecule has 21 heavy (non-hydrogen) atoms. The molecule has 1 atom stereocenters. The Morgan fingerprint density at radius 2 is 2.24 bits per heavy atom. The number of hydrogen-bond acceptors (Lipinski definition) is 3. The predicted molar refractivity (Wildman–Crippen MR) is 79.1 cm³/mol. The van der Waals surface area contributed by atoms with E-state index >= 15 is 0 Å². The first-order valence-electron chi connectivity index (χ1n) is 6.79. The average molecular weight is 313 g/mol. The zero-order valence-electron chi connectivity index (χ0n) is 12.0. The zero-order chi connectivity index (χ0) is 15.4. The lowest BCUT2D eigenvalue weighted by Gasteiger charge is -2.16. The van der Waals surface area contributed by atoms with E-state index in [1.165, 1.54) is 19.2 Å². The number of aliphatic hydroxyl groups excluding tert-OH is 1. The lowest BCUT2D eigenvalue weighted by Crippen LogP contribution is -2.13. The fraction of sp³-hybridized carbons (Fsp3) is 0.400. The van der Waals surface area contributed by atoms with Crippen molar-refractivity contribution in [2.24, 2.45) is 0 Å². The van der Waals surface area contributed by atoms with Gasteiger partial charge in [-0.25, -0.2) is 4.39 Å². The van der Waals surface area contributed by atoms with E-state index in [4.69, 9.17) is 16.3 Å². The first kappa shape index (κ1) is 15.8. The van der Waals surface area contributed by atoms with Gasteiger partial charge in [-0.05, 0) is 18.6 Å². The van der Waals surface area contributed by atoms with Crippen molar-refractivity contribution in [3.63, 3.8) is 0 Å². The van der Waals surface area contributed by atoms with Crippen LogP contribution in [-0.2, 0) is 13.0 Å². The van der Waals surface area contributed by atoms with E-state index in [-0.39, 0.29) is 12.0 Å². The Balaban J connectivity index is 2.31. The van der Waals surface area contributed by atoms with Crippen molar-refractivity contribution >= 4 is 11.6 Å². The lowest BCUT2D eigenvalue weighted by molar-refractivity contribution is 0.161. The molecule has 0 radical (unpaired) electrons. The van der Waals surface area contributed by atoms with Gasteiger partial charge in [0.1, 0.15) is 17.6 Å². The summed E-state index contributed by atoms with van der Waals surface area (Å²) in [6.45, 7) is 2.67. The van der Waals surface area contributed by atoms with Crippen LogP contribution >= 0.6 is 11.6 Å². The van der Waals surface area contributed by atoms with Gasteiger partial charge in [0.2, 0.25) is 0 Å². The number of hydrogen-bond donors (Lipinski definition) is 1. The predicted octanol–water partition coefficient (Wildman–Crippen LogP) is 3.37. The normalized spacial score (nSPS) is 12.4. The van der Waals surface area contributed by atoms with Gasteiger partial charge in [-0.15, -0.1) is 0 Å². The van der Waals surface area contributed by atoms with Gasteiger partial charge in [0, 0.05) is 23.6 Å². The number of ether oxygens (including phenoxy) is 1. The molecule has 2 aromatic rings. The van der Waals surface area contributed by atoms with Gasteiger partial charge in [-0.2, -0.15) is 5.10 Å². The van der Waals surface area contributed by atoms with Crippen LogP contribution in [0.3, 0.4) is 0 Å². The number of rotatable bonds is 6. The van der Waals surface area contributed by atoms with E-state index in [2.05, 4.69) is 5.10 Å². The van der Waals surface area contributed by atoms with E-state index < -0.39 is 11.9 Å². The number of aromatic nitrogens is 2. The van der Waals surface area contributed by atoms with Gasteiger partial charge in [-0.1, -0.05) is 24.6 Å². The number of aryl methyl sites for hydroxylation is 1. The first-order chi connectivity index (χ1) is 10.1. The van der Waals surface area contributed by atoms with E-state index in [1.54, 1.807) is 16.9 Å². The van der Waals surface area contributed by atoms with Crippen LogP contribution in [0, 0.1) is 5.82 Å². The molecule has 0 aliphatic carbocycles. The van der Waals surface area contributed by atoms with Crippen molar-refractivity contribution in [3.05, 3.63) is 46.5 Å². The molecule has 1 N–H and O–H groups in total. The molecule has 1 heterocycles. The third kappa shape index (κ3) is 3.36. The Bertz CT molecular complexity index is 595. The fourth-order valence-corrected chi connectivity index (χ4v) is 2.52. The maximum atomic E-state index is 13.8. The second-order valence-electron chi connectivity index (χ2n) is 4.74. The van der Waals surface area contributed by atoms with Gasteiger partial charge >= 0.3 is 0 Å². The van der Waals surface area contributed by atoms with Crippen LogP contribution in [0.4, 0.5) is 4.39 Å². The Labute approximate surface area is 128 Å². The minimum atomic E-state index is -0.941. The highest BCUT2D eigenvalue weighted by Gasteiger charge is 2.22. The molecule has 1 aromatic carbocycles. The summed E-state index contributed by atoms with van der Waals surface area (Å²) in [6, 6.07) is 4.47. The van der Waals surface area contributed by atoms with Crippen molar-refractivity contribution in [1.82, 2.24) is 9.78 Å². The minimum Gasteiger partial charge on any atom is -0.493 e. The van der Waals surface area contributed by atoms with Crippen LogP contribution in [0.15, 0.2) is 24.4 Å². The molecule has 0 amide bonds. The summed E-state index contributed by atoms with van der Waals surface area (Å²) in [7, 11) is 1.51. The number of benzene rings is 1. The second-order valence-corrected chi connectivity index (χ2v) is 5.15. The Morgan fingerprint density at radius 3 is 2.86 bits per heavy atom. The highest BCUT2D eigenvalue weighted by atomic mass is 35.5. The van der Waals surface area contributed by atoms with Crippen molar-refractivity contribution in [3.8, 4) is 5.75 Å². The average Bonchev–Trinajstić information content (AvgIpc) is 2.86. The van der Waals surface area contributed by atoms with Crippen LogP contribution in [0.5, 0.6) is 5.75 Å². The quantitative estimate of drug-likeness (QED) is 0.889. The molecule has 0 aliphatic rings. The molecule has 0 saturated carbocycles. The summed E-state index contributed by atoms with van der Waals surface area (Å²) in [5.74, 6) is 0.0606. The van der Waals surface area contributed by atoms with Crippen LogP contribution in [0.2, 0.25) is 5.02 Å². The van der Waals surface area contributed by atoms with E-state index in [0.29, 0.717) is 23.0 Å². The summed E-state index contributed by atoms with van der Waals surface area (Å²) >= 11 is 6.00. The lowest BCUT2D eigenvalue weighted by atomic mass is 10.0. The molecule has 0 bridgehead atoms. The molecule has 4 nitrogen and oxygen atoms in total. The highest BCUT2D eigenvalue weighted by Crippen LogP contribution is 2.30. The topological polar surface area (TPSA) is 47.3 Å². The van der Waals surface area contributed by atoms with Gasteiger partial charge < -0.3 is 9.84 Å². The Kier molecular flexibility index (Phi) is 5.20. The standard InChI is InChI=1S/C15H18ClFN2O2/c1-3-7-19-15(14(21-2)9-18-19)13(20)8-10-11(16)5-4-6-12(10)17/h4-6,9,13,20H,3,7-8H2,1-2H3. The molecule has 0 saturated heterocycles. The van der Waals surface area contributed by atoms with Crippen molar-refractivity contribution < 1.29 is 14.2 Å². The first-order valence-corrected chi connectivity index (χ1v) is 7.16. The number of aliphatic hydroxyl groups is 1. The zero-order valence-corrected chi connectivity index (χ0v) is 12.8. The minimum absolute atomic E-state index is 0.0667. The maximum absolute atomic E-state index is 13.8. The number of nitrogens with zero attached hydrogens (tertiary/aromatic N) is 2. The van der Waals surface area contributed by atoms with Crippen molar-refractivity contribution in [2.75, 3.05) is 7.11 Å². The summed E-state index contributed by atoms with van der Waals surface area (Å²) in [5, 5.41) is 15.0.